The van der Waals surface area contributed by atoms with Crippen LogP contribution in [-0.2, 0) is 0 Å². The fourth-order valence-electron chi connectivity index (χ4n) is 2.78. The lowest BCUT2D eigenvalue weighted by molar-refractivity contribution is -0.0237. The standard InChI is InChI=1S/C11H24N2/c1-10(2)6-5-7-11(3,4)13(10)9-8-12/h5-9,12H2,1-4H3. The molecule has 0 aromatic rings. The highest BCUT2D eigenvalue weighted by Gasteiger charge is 2.40. The van der Waals surface area contributed by atoms with Crippen LogP contribution in [0.4, 0.5) is 0 Å². The molecular formula is C11H24N2. The largest absolute Gasteiger partial charge is 0.329 e. The Morgan fingerprint density at radius 2 is 1.54 bits per heavy atom. The second-order valence-corrected chi connectivity index (χ2v) is 5.42. The molecule has 0 spiro atoms. The summed E-state index contributed by atoms with van der Waals surface area (Å²) < 4.78 is 0. The predicted molar refractivity (Wildman–Crippen MR) is 57.8 cm³/mol. The van der Waals surface area contributed by atoms with Crippen LogP contribution in [0.3, 0.4) is 0 Å². The number of likely N-dealkylation sites (tertiary alicyclic amines) is 1. The molecule has 13 heavy (non-hydrogen) atoms. The van der Waals surface area contributed by atoms with Crippen LogP contribution in [0.2, 0.25) is 0 Å². The van der Waals surface area contributed by atoms with Crippen LogP contribution in [0, 0.1) is 0 Å². The van der Waals surface area contributed by atoms with E-state index in [2.05, 4.69) is 32.6 Å². The van der Waals surface area contributed by atoms with Gasteiger partial charge in [0, 0.05) is 24.2 Å². The van der Waals surface area contributed by atoms with E-state index in [0.29, 0.717) is 11.1 Å². The van der Waals surface area contributed by atoms with Gasteiger partial charge in [-0.2, -0.15) is 0 Å². The van der Waals surface area contributed by atoms with E-state index < -0.39 is 0 Å². The van der Waals surface area contributed by atoms with Crippen molar-refractivity contribution in [1.29, 1.82) is 0 Å². The van der Waals surface area contributed by atoms with Crippen molar-refractivity contribution in [2.45, 2.75) is 58.0 Å². The minimum atomic E-state index is 0.334. The fraction of sp³-hybridized carbons (Fsp3) is 1.00. The van der Waals surface area contributed by atoms with E-state index in [9.17, 15) is 0 Å². The Balaban J connectivity index is 2.78. The van der Waals surface area contributed by atoms with Gasteiger partial charge in [-0.3, -0.25) is 4.90 Å². The lowest BCUT2D eigenvalue weighted by atomic mass is 9.80. The number of piperidine rings is 1. The maximum Gasteiger partial charge on any atom is 0.0159 e. The molecule has 1 aliphatic heterocycles. The highest BCUT2D eigenvalue weighted by molar-refractivity contribution is 4.96. The third-order valence-corrected chi connectivity index (χ3v) is 3.39. The van der Waals surface area contributed by atoms with E-state index in [0.717, 1.165) is 13.1 Å². The number of rotatable bonds is 2. The second kappa shape index (κ2) is 3.58. The van der Waals surface area contributed by atoms with Gasteiger partial charge >= 0.3 is 0 Å². The van der Waals surface area contributed by atoms with Crippen molar-refractivity contribution in [3.05, 3.63) is 0 Å². The first-order valence-electron chi connectivity index (χ1n) is 5.38. The van der Waals surface area contributed by atoms with Gasteiger partial charge in [0.2, 0.25) is 0 Å². The molecule has 0 bridgehead atoms. The van der Waals surface area contributed by atoms with Crippen molar-refractivity contribution < 1.29 is 0 Å². The fourth-order valence-corrected chi connectivity index (χ4v) is 2.78. The molecule has 1 aliphatic rings. The second-order valence-electron chi connectivity index (χ2n) is 5.42. The summed E-state index contributed by atoms with van der Waals surface area (Å²) >= 11 is 0. The van der Waals surface area contributed by atoms with Gasteiger partial charge in [0.1, 0.15) is 0 Å². The smallest absolute Gasteiger partial charge is 0.0159 e. The quantitative estimate of drug-likeness (QED) is 0.711. The van der Waals surface area contributed by atoms with Crippen LogP contribution >= 0.6 is 0 Å². The zero-order chi connectivity index (χ0) is 10.1. The zero-order valence-electron chi connectivity index (χ0n) is 9.56. The van der Waals surface area contributed by atoms with Gasteiger partial charge in [0.15, 0.2) is 0 Å². The minimum Gasteiger partial charge on any atom is -0.329 e. The van der Waals surface area contributed by atoms with Crippen molar-refractivity contribution in [1.82, 2.24) is 4.90 Å². The Kier molecular flexibility index (Phi) is 3.03. The lowest BCUT2D eigenvalue weighted by Crippen LogP contribution is -2.59. The Morgan fingerprint density at radius 1 is 1.08 bits per heavy atom. The molecule has 0 amide bonds. The molecule has 0 atom stereocenters. The Morgan fingerprint density at radius 3 is 1.92 bits per heavy atom. The van der Waals surface area contributed by atoms with Gasteiger partial charge in [-0.05, 0) is 47.0 Å². The molecular weight excluding hydrogens is 160 g/mol. The van der Waals surface area contributed by atoms with E-state index in [-0.39, 0.29) is 0 Å². The zero-order valence-corrected chi connectivity index (χ0v) is 9.56. The van der Waals surface area contributed by atoms with E-state index in [1.807, 2.05) is 0 Å². The first kappa shape index (κ1) is 11.0. The average Bonchev–Trinajstić information content (AvgIpc) is 1.96. The van der Waals surface area contributed by atoms with Crippen molar-refractivity contribution >= 4 is 0 Å². The van der Waals surface area contributed by atoms with Gasteiger partial charge in [-0.15, -0.1) is 0 Å². The van der Waals surface area contributed by atoms with E-state index in [1.165, 1.54) is 19.3 Å². The third kappa shape index (κ3) is 2.23. The molecule has 0 aromatic carbocycles. The number of nitrogens with zero attached hydrogens (tertiary/aromatic N) is 1. The Labute approximate surface area is 82.5 Å². The van der Waals surface area contributed by atoms with Gasteiger partial charge in [-0.25, -0.2) is 0 Å². The molecule has 1 fully saturated rings. The SMILES string of the molecule is CC1(C)CCCC(C)(C)N1CCN. The first-order chi connectivity index (χ1) is 5.90. The van der Waals surface area contributed by atoms with E-state index in [4.69, 9.17) is 5.73 Å². The van der Waals surface area contributed by atoms with Crippen molar-refractivity contribution in [3.8, 4) is 0 Å². The summed E-state index contributed by atoms with van der Waals surface area (Å²) in [5, 5.41) is 0. The monoisotopic (exact) mass is 184 g/mol. The summed E-state index contributed by atoms with van der Waals surface area (Å²) in [6, 6.07) is 0. The van der Waals surface area contributed by atoms with Crippen molar-refractivity contribution in [2.75, 3.05) is 13.1 Å². The van der Waals surface area contributed by atoms with Crippen LogP contribution < -0.4 is 5.73 Å². The van der Waals surface area contributed by atoms with Crippen LogP contribution in [-0.4, -0.2) is 29.1 Å². The highest BCUT2D eigenvalue weighted by Crippen LogP contribution is 2.37. The topological polar surface area (TPSA) is 29.3 Å². The summed E-state index contributed by atoms with van der Waals surface area (Å²) in [4.78, 5) is 2.57. The summed E-state index contributed by atoms with van der Waals surface area (Å²) in [5.74, 6) is 0. The highest BCUT2D eigenvalue weighted by atomic mass is 15.3. The maximum absolute atomic E-state index is 5.66. The van der Waals surface area contributed by atoms with Crippen LogP contribution in [0.15, 0.2) is 0 Å². The van der Waals surface area contributed by atoms with E-state index >= 15 is 0 Å². The molecule has 0 unspecified atom stereocenters. The predicted octanol–water partition coefficient (Wildman–Crippen LogP) is 1.99. The molecule has 1 rings (SSSR count). The van der Waals surface area contributed by atoms with E-state index in [1.54, 1.807) is 0 Å². The van der Waals surface area contributed by atoms with Crippen molar-refractivity contribution in [2.24, 2.45) is 5.73 Å². The van der Waals surface area contributed by atoms with Crippen LogP contribution in [0.5, 0.6) is 0 Å². The summed E-state index contributed by atoms with van der Waals surface area (Å²) in [7, 11) is 0. The molecule has 1 saturated heterocycles. The molecule has 0 saturated carbocycles. The molecule has 2 heteroatoms. The Hall–Kier alpha value is -0.0800. The first-order valence-corrected chi connectivity index (χ1v) is 5.38. The van der Waals surface area contributed by atoms with Gasteiger partial charge in [0.25, 0.3) is 0 Å². The maximum atomic E-state index is 5.66. The number of nitrogens with two attached hydrogens (primary N) is 1. The molecule has 1 heterocycles. The lowest BCUT2D eigenvalue weighted by Gasteiger charge is -2.53. The summed E-state index contributed by atoms with van der Waals surface area (Å²) in [5.41, 5.74) is 6.33. The minimum absolute atomic E-state index is 0.334. The molecule has 78 valence electrons. The Bertz CT molecular complexity index is 157. The normalized spacial score (nSPS) is 27.5. The molecule has 2 nitrogen and oxygen atoms in total. The molecule has 0 aromatic heterocycles. The number of hydrogen-bond donors (Lipinski definition) is 1. The molecule has 0 aliphatic carbocycles. The summed E-state index contributed by atoms with van der Waals surface area (Å²) in [6.45, 7) is 11.1. The third-order valence-electron chi connectivity index (χ3n) is 3.39. The van der Waals surface area contributed by atoms with Crippen LogP contribution in [0.1, 0.15) is 47.0 Å². The van der Waals surface area contributed by atoms with Crippen LogP contribution in [0.25, 0.3) is 0 Å². The molecule has 0 radical (unpaired) electrons. The summed E-state index contributed by atoms with van der Waals surface area (Å²) in [6.07, 6.45) is 3.95. The van der Waals surface area contributed by atoms with Crippen molar-refractivity contribution in [3.63, 3.8) is 0 Å². The molecule has 2 N–H and O–H groups in total. The number of hydrogen-bond acceptors (Lipinski definition) is 2. The van der Waals surface area contributed by atoms with Gasteiger partial charge in [0.05, 0.1) is 0 Å². The average molecular weight is 184 g/mol. The van der Waals surface area contributed by atoms with Gasteiger partial charge < -0.3 is 5.73 Å². The van der Waals surface area contributed by atoms with Gasteiger partial charge in [-0.1, -0.05) is 0 Å².